The lowest BCUT2D eigenvalue weighted by Crippen LogP contribution is -2.17. The highest BCUT2D eigenvalue weighted by molar-refractivity contribution is 6.31. The first-order valence-electron chi connectivity index (χ1n) is 5.14. The van der Waals surface area contributed by atoms with Crippen molar-refractivity contribution in [2.24, 2.45) is 5.92 Å². The van der Waals surface area contributed by atoms with Crippen molar-refractivity contribution < 1.29 is 4.79 Å². The SMILES string of the molecule is CCc1ccc(NC(=O)C(C)C)cc1Cl. The molecule has 2 nitrogen and oxygen atoms in total. The average Bonchev–Trinajstić information content (AvgIpc) is 2.18. The Labute approximate surface area is 95.6 Å². The lowest BCUT2D eigenvalue weighted by atomic mass is 10.1. The first kappa shape index (κ1) is 12.1. The highest BCUT2D eigenvalue weighted by atomic mass is 35.5. The molecule has 1 aromatic rings. The van der Waals surface area contributed by atoms with Gasteiger partial charge < -0.3 is 5.32 Å². The molecule has 0 aliphatic carbocycles. The van der Waals surface area contributed by atoms with Gasteiger partial charge in [-0.05, 0) is 24.1 Å². The van der Waals surface area contributed by atoms with Crippen LogP contribution in [0.3, 0.4) is 0 Å². The Hall–Kier alpha value is -1.02. The van der Waals surface area contributed by atoms with Crippen molar-refractivity contribution in [3.8, 4) is 0 Å². The van der Waals surface area contributed by atoms with Gasteiger partial charge in [0.2, 0.25) is 5.91 Å². The average molecular weight is 226 g/mol. The third-order valence-corrected chi connectivity index (χ3v) is 2.58. The van der Waals surface area contributed by atoms with E-state index in [2.05, 4.69) is 5.32 Å². The zero-order chi connectivity index (χ0) is 11.4. The summed E-state index contributed by atoms with van der Waals surface area (Å²) in [5.41, 5.74) is 1.86. The number of carbonyl (C=O) groups excluding carboxylic acids is 1. The van der Waals surface area contributed by atoms with Gasteiger partial charge in [0.15, 0.2) is 0 Å². The smallest absolute Gasteiger partial charge is 0.226 e. The fourth-order valence-corrected chi connectivity index (χ4v) is 1.51. The van der Waals surface area contributed by atoms with Crippen molar-refractivity contribution in [2.75, 3.05) is 5.32 Å². The van der Waals surface area contributed by atoms with Crippen LogP contribution in [0.4, 0.5) is 5.69 Å². The summed E-state index contributed by atoms with van der Waals surface area (Å²) in [6, 6.07) is 5.62. The summed E-state index contributed by atoms with van der Waals surface area (Å²) >= 11 is 6.04. The molecule has 1 N–H and O–H groups in total. The van der Waals surface area contributed by atoms with Gasteiger partial charge in [0.1, 0.15) is 0 Å². The number of hydrogen-bond donors (Lipinski definition) is 1. The molecule has 3 heteroatoms. The van der Waals surface area contributed by atoms with E-state index >= 15 is 0 Å². The van der Waals surface area contributed by atoms with Crippen LogP contribution in [-0.4, -0.2) is 5.91 Å². The van der Waals surface area contributed by atoms with Crippen LogP contribution in [0.15, 0.2) is 18.2 Å². The van der Waals surface area contributed by atoms with Gasteiger partial charge in [-0.2, -0.15) is 0 Å². The van der Waals surface area contributed by atoms with E-state index in [-0.39, 0.29) is 11.8 Å². The largest absolute Gasteiger partial charge is 0.326 e. The van der Waals surface area contributed by atoms with Crippen LogP contribution >= 0.6 is 11.6 Å². The van der Waals surface area contributed by atoms with E-state index in [0.717, 1.165) is 17.7 Å². The Morgan fingerprint density at radius 3 is 2.60 bits per heavy atom. The van der Waals surface area contributed by atoms with Gasteiger partial charge in [0.05, 0.1) is 0 Å². The summed E-state index contributed by atoms with van der Waals surface area (Å²) in [6.07, 6.45) is 0.900. The maximum absolute atomic E-state index is 11.4. The van der Waals surface area contributed by atoms with Crippen molar-refractivity contribution in [3.63, 3.8) is 0 Å². The van der Waals surface area contributed by atoms with Crippen LogP contribution in [0.5, 0.6) is 0 Å². The highest BCUT2D eigenvalue weighted by Gasteiger charge is 2.07. The van der Waals surface area contributed by atoms with E-state index in [9.17, 15) is 4.79 Å². The molecule has 0 spiro atoms. The van der Waals surface area contributed by atoms with Crippen molar-refractivity contribution in [1.29, 1.82) is 0 Å². The molecule has 0 saturated carbocycles. The second-order valence-corrected chi connectivity index (χ2v) is 4.21. The number of carbonyl (C=O) groups is 1. The summed E-state index contributed by atoms with van der Waals surface area (Å²) in [5, 5.41) is 3.52. The van der Waals surface area contributed by atoms with Gasteiger partial charge in [0, 0.05) is 16.6 Å². The van der Waals surface area contributed by atoms with Crippen LogP contribution in [0.2, 0.25) is 5.02 Å². The molecule has 0 bridgehead atoms. The van der Waals surface area contributed by atoms with Crippen LogP contribution in [-0.2, 0) is 11.2 Å². The maximum atomic E-state index is 11.4. The molecule has 0 atom stereocenters. The van der Waals surface area contributed by atoms with Gasteiger partial charge in [-0.25, -0.2) is 0 Å². The van der Waals surface area contributed by atoms with E-state index in [1.54, 1.807) is 6.07 Å². The molecule has 0 radical (unpaired) electrons. The van der Waals surface area contributed by atoms with E-state index in [1.807, 2.05) is 32.9 Å². The van der Waals surface area contributed by atoms with Crippen LogP contribution < -0.4 is 5.32 Å². The standard InChI is InChI=1S/C12H16ClNO/c1-4-9-5-6-10(7-11(9)13)14-12(15)8(2)3/h5-8H,4H2,1-3H3,(H,14,15). The predicted octanol–water partition coefficient (Wildman–Crippen LogP) is 3.50. The number of amides is 1. The fraction of sp³-hybridized carbons (Fsp3) is 0.417. The molecule has 0 unspecified atom stereocenters. The molecule has 1 aromatic carbocycles. The van der Waals surface area contributed by atoms with Crippen LogP contribution in [0.1, 0.15) is 26.3 Å². The number of aryl methyl sites for hydroxylation is 1. The van der Waals surface area contributed by atoms with Gasteiger partial charge in [-0.3, -0.25) is 4.79 Å². The summed E-state index contributed by atoms with van der Waals surface area (Å²) in [7, 11) is 0. The van der Waals surface area contributed by atoms with Gasteiger partial charge in [-0.1, -0.05) is 38.4 Å². The summed E-state index contributed by atoms with van der Waals surface area (Å²) < 4.78 is 0. The number of anilines is 1. The fourth-order valence-electron chi connectivity index (χ4n) is 1.20. The van der Waals surface area contributed by atoms with E-state index in [0.29, 0.717) is 5.02 Å². The Bertz CT molecular complexity index is 361. The predicted molar refractivity (Wildman–Crippen MR) is 64.3 cm³/mol. The number of hydrogen-bond acceptors (Lipinski definition) is 1. The molecule has 0 aliphatic rings. The summed E-state index contributed by atoms with van der Waals surface area (Å²) in [4.78, 5) is 11.4. The zero-order valence-electron chi connectivity index (χ0n) is 9.30. The normalized spacial score (nSPS) is 10.5. The molecule has 0 aliphatic heterocycles. The van der Waals surface area contributed by atoms with Gasteiger partial charge in [0.25, 0.3) is 0 Å². The second kappa shape index (κ2) is 5.17. The Kier molecular flexibility index (Phi) is 4.15. The van der Waals surface area contributed by atoms with E-state index in [4.69, 9.17) is 11.6 Å². The molecular formula is C12H16ClNO. The van der Waals surface area contributed by atoms with Crippen molar-refractivity contribution in [1.82, 2.24) is 0 Å². The minimum atomic E-state index is -0.0189. The first-order chi connectivity index (χ1) is 7.04. The van der Waals surface area contributed by atoms with Gasteiger partial charge in [-0.15, -0.1) is 0 Å². The molecular weight excluding hydrogens is 210 g/mol. The number of rotatable bonds is 3. The molecule has 0 fully saturated rings. The monoisotopic (exact) mass is 225 g/mol. The van der Waals surface area contributed by atoms with Crippen molar-refractivity contribution in [3.05, 3.63) is 28.8 Å². The summed E-state index contributed by atoms with van der Waals surface area (Å²) in [5.74, 6) is -0.00931. The number of benzene rings is 1. The number of nitrogens with one attached hydrogen (secondary N) is 1. The maximum Gasteiger partial charge on any atom is 0.226 e. The van der Waals surface area contributed by atoms with Crippen LogP contribution in [0.25, 0.3) is 0 Å². The third-order valence-electron chi connectivity index (χ3n) is 2.23. The van der Waals surface area contributed by atoms with Crippen LogP contribution in [0, 0.1) is 5.92 Å². The zero-order valence-corrected chi connectivity index (χ0v) is 10.1. The van der Waals surface area contributed by atoms with E-state index < -0.39 is 0 Å². The molecule has 82 valence electrons. The Morgan fingerprint density at radius 1 is 1.47 bits per heavy atom. The Morgan fingerprint density at radius 2 is 2.13 bits per heavy atom. The molecule has 1 rings (SSSR count). The topological polar surface area (TPSA) is 29.1 Å². The lowest BCUT2D eigenvalue weighted by Gasteiger charge is -2.09. The summed E-state index contributed by atoms with van der Waals surface area (Å²) in [6.45, 7) is 5.77. The molecule has 0 aromatic heterocycles. The first-order valence-corrected chi connectivity index (χ1v) is 5.51. The Balaban J connectivity index is 2.80. The number of halogens is 1. The molecule has 0 saturated heterocycles. The van der Waals surface area contributed by atoms with Crippen molar-refractivity contribution >= 4 is 23.2 Å². The molecule has 0 heterocycles. The van der Waals surface area contributed by atoms with E-state index in [1.165, 1.54) is 0 Å². The minimum Gasteiger partial charge on any atom is -0.326 e. The lowest BCUT2D eigenvalue weighted by molar-refractivity contribution is -0.118. The van der Waals surface area contributed by atoms with Crippen molar-refractivity contribution in [2.45, 2.75) is 27.2 Å². The quantitative estimate of drug-likeness (QED) is 0.838. The second-order valence-electron chi connectivity index (χ2n) is 3.80. The highest BCUT2D eigenvalue weighted by Crippen LogP contribution is 2.21. The molecule has 15 heavy (non-hydrogen) atoms. The third kappa shape index (κ3) is 3.24. The minimum absolute atomic E-state index is 0.00955. The van der Waals surface area contributed by atoms with Gasteiger partial charge >= 0.3 is 0 Å². The molecule has 1 amide bonds.